The third-order valence-electron chi connectivity index (χ3n) is 3.42. The second kappa shape index (κ2) is 6.19. The minimum absolute atomic E-state index is 0.00109. The van der Waals surface area contributed by atoms with Crippen LogP contribution in [-0.4, -0.2) is 66.9 Å². The fourth-order valence-electron chi connectivity index (χ4n) is 2.15. The van der Waals surface area contributed by atoms with E-state index < -0.39 is 0 Å². The SMILES string of the molecule is CC1COC(CO)CN1C(=O)c1ccc(N(C)C)nc1. The van der Waals surface area contributed by atoms with Crippen LogP contribution >= 0.6 is 0 Å². The van der Waals surface area contributed by atoms with Crippen LogP contribution in [0, 0.1) is 0 Å². The molecule has 0 radical (unpaired) electrons. The lowest BCUT2D eigenvalue weighted by atomic mass is 10.1. The van der Waals surface area contributed by atoms with Crippen molar-refractivity contribution in [1.82, 2.24) is 9.88 Å². The zero-order valence-corrected chi connectivity index (χ0v) is 12.1. The van der Waals surface area contributed by atoms with Gasteiger partial charge < -0.3 is 19.6 Å². The zero-order chi connectivity index (χ0) is 14.7. The van der Waals surface area contributed by atoms with Crippen LogP contribution < -0.4 is 4.90 Å². The molecule has 0 aliphatic carbocycles. The van der Waals surface area contributed by atoms with Gasteiger partial charge in [0, 0.05) is 26.8 Å². The molecule has 2 rings (SSSR count). The van der Waals surface area contributed by atoms with Crippen LogP contribution in [-0.2, 0) is 4.74 Å². The summed E-state index contributed by atoms with van der Waals surface area (Å²) >= 11 is 0. The van der Waals surface area contributed by atoms with Crippen molar-refractivity contribution in [2.45, 2.75) is 19.1 Å². The lowest BCUT2D eigenvalue weighted by Crippen LogP contribution is -2.52. The van der Waals surface area contributed by atoms with Gasteiger partial charge in [0.2, 0.25) is 0 Å². The van der Waals surface area contributed by atoms with Crippen molar-refractivity contribution >= 4 is 11.7 Å². The molecule has 6 nitrogen and oxygen atoms in total. The van der Waals surface area contributed by atoms with Crippen molar-refractivity contribution in [2.24, 2.45) is 0 Å². The van der Waals surface area contributed by atoms with E-state index in [-0.39, 0.29) is 24.7 Å². The number of ether oxygens (including phenoxy) is 1. The standard InChI is InChI=1S/C14H21N3O3/c1-10-9-20-12(8-18)7-17(10)14(19)11-4-5-13(15-6-11)16(2)3/h4-6,10,12,18H,7-9H2,1-3H3. The largest absolute Gasteiger partial charge is 0.394 e. The molecular formula is C14H21N3O3. The smallest absolute Gasteiger partial charge is 0.255 e. The Labute approximate surface area is 119 Å². The van der Waals surface area contributed by atoms with Crippen LogP contribution in [0.5, 0.6) is 0 Å². The number of carbonyl (C=O) groups excluding carboxylic acids is 1. The molecule has 1 fully saturated rings. The Morgan fingerprint density at radius 3 is 2.85 bits per heavy atom. The van der Waals surface area contributed by atoms with E-state index in [9.17, 15) is 4.79 Å². The lowest BCUT2D eigenvalue weighted by molar-refractivity contribution is -0.0667. The molecule has 2 heterocycles. The van der Waals surface area contributed by atoms with Crippen LogP contribution in [0.4, 0.5) is 5.82 Å². The van der Waals surface area contributed by atoms with E-state index in [1.165, 1.54) is 0 Å². The van der Waals surface area contributed by atoms with Crippen molar-refractivity contribution in [3.05, 3.63) is 23.9 Å². The van der Waals surface area contributed by atoms with Gasteiger partial charge in [-0.2, -0.15) is 0 Å². The second-order valence-corrected chi connectivity index (χ2v) is 5.24. The van der Waals surface area contributed by atoms with Crippen molar-refractivity contribution in [3.8, 4) is 0 Å². The number of rotatable bonds is 3. The van der Waals surface area contributed by atoms with E-state index in [0.29, 0.717) is 18.7 Å². The summed E-state index contributed by atoms with van der Waals surface area (Å²) in [6.45, 7) is 2.72. The van der Waals surface area contributed by atoms with Gasteiger partial charge in [0.1, 0.15) is 5.82 Å². The van der Waals surface area contributed by atoms with Gasteiger partial charge in [-0.05, 0) is 19.1 Å². The molecule has 2 unspecified atom stereocenters. The number of hydrogen-bond acceptors (Lipinski definition) is 5. The van der Waals surface area contributed by atoms with Gasteiger partial charge in [-0.3, -0.25) is 4.79 Å². The van der Waals surface area contributed by atoms with E-state index in [0.717, 1.165) is 5.82 Å². The number of nitrogens with zero attached hydrogens (tertiary/aromatic N) is 3. The molecule has 0 aromatic carbocycles. The van der Waals surface area contributed by atoms with Gasteiger partial charge in [-0.25, -0.2) is 4.98 Å². The minimum Gasteiger partial charge on any atom is -0.394 e. The number of pyridine rings is 1. The molecule has 1 aliphatic heterocycles. The Morgan fingerprint density at radius 1 is 1.55 bits per heavy atom. The molecule has 110 valence electrons. The first-order valence-corrected chi connectivity index (χ1v) is 6.69. The molecule has 6 heteroatoms. The maximum absolute atomic E-state index is 12.5. The molecule has 1 amide bonds. The van der Waals surface area contributed by atoms with E-state index >= 15 is 0 Å². The maximum atomic E-state index is 12.5. The number of amides is 1. The monoisotopic (exact) mass is 279 g/mol. The number of aliphatic hydroxyl groups is 1. The van der Waals surface area contributed by atoms with Crippen molar-refractivity contribution < 1.29 is 14.6 Å². The zero-order valence-electron chi connectivity index (χ0n) is 12.1. The van der Waals surface area contributed by atoms with Crippen molar-refractivity contribution in [1.29, 1.82) is 0 Å². The molecule has 0 spiro atoms. The summed E-state index contributed by atoms with van der Waals surface area (Å²) in [6, 6.07) is 3.60. The average molecular weight is 279 g/mol. The summed E-state index contributed by atoms with van der Waals surface area (Å²) in [5.74, 6) is 0.738. The molecule has 1 N–H and O–H groups in total. The predicted octanol–water partition coefficient (Wildman–Crippen LogP) is 0.369. The van der Waals surface area contributed by atoms with Crippen LogP contribution in [0.15, 0.2) is 18.3 Å². The van der Waals surface area contributed by atoms with Crippen molar-refractivity contribution in [2.75, 3.05) is 38.8 Å². The van der Waals surface area contributed by atoms with Gasteiger partial charge in [-0.15, -0.1) is 0 Å². The van der Waals surface area contributed by atoms with Crippen LogP contribution in [0.2, 0.25) is 0 Å². The molecule has 1 aromatic heterocycles. The minimum atomic E-state index is -0.302. The van der Waals surface area contributed by atoms with Crippen LogP contribution in [0.1, 0.15) is 17.3 Å². The van der Waals surface area contributed by atoms with E-state index in [4.69, 9.17) is 9.84 Å². The normalized spacial score (nSPS) is 22.7. The summed E-state index contributed by atoms with van der Waals surface area (Å²) in [4.78, 5) is 20.4. The first-order chi connectivity index (χ1) is 9.52. The lowest BCUT2D eigenvalue weighted by Gasteiger charge is -2.37. The highest BCUT2D eigenvalue weighted by molar-refractivity contribution is 5.94. The average Bonchev–Trinajstić information content (AvgIpc) is 2.47. The van der Waals surface area contributed by atoms with Crippen LogP contribution in [0.25, 0.3) is 0 Å². The molecule has 0 saturated carbocycles. The Balaban J connectivity index is 2.13. The number of anilines is 1. The number of hydrogen-bond donors (Lipinski definition) is 1. The highest BCUT2D eigenvalue weighted by Gasteiger charge is 2.30. The number of carbonyl (C=O) groups is 1. The molecule has 2 atom stereocenters. The molecular weight excluding hydrogens is 258 g/mol. The molecule has 20 heavy (non-hydrogen) atoms. The Kier molecular flexibility index (Phi) is 4.57. The van der Waals surface area contributed by atoms with Gasteiger partial charge in [0.25, 0.3) is 5.91 Å². The van der Waals surface area contributed by atoms with Gasteiger partial charge >= 0.3 is 0 Å². The Morgan fingerprint density at radius 2 is 2.30 bits per heavy atom. The van der Waals surface area contributed by atoms with E-state index in [1.807, 2.05) is 32.0 Å². The van der Waals surface area contributed by atoms with E-state index in [1.54, 1.807) is 17.2 Å². The number of aromatic nitrogens is 1. The molecule has 1 aromatic rings. The molecule has 1 saturated heterocycles. The van der Waals surface area contributed by atoms with E-state index in [2.05, 4.69) is 4.98 Å². The Hall–Kier alpha value is -1.66. The summed E-state index contributed by atoms with van der Waals surface area (Å²) < 4.78 is 5.44. The fraction of sp³-hybridized carbons (Fsp3) is 0.571. The maximum Gasteiger partial charge on any atom is 0.255 e. The topological polar surface area (TPSA) is 65.9 Å². The third kappa shape index (κ3) is 3.08. The summed E-state index contributed by atoms with van der Waals surface area (Å²) in [5, 5.41) is 9.16. The highest BCUT2D eigenvalue weighted by atomic mass is 16.5. The first-order valence-electron chi connectivity index (χ1n) is 6.69. The van der Waals surface area contributed by atoms with Crippen LogP contribution in [0.3, 0.4) is 0 Å². The fourth-order valence-corrected chi connectivity index (χ4v) is 2.15. The number of aliphatic hydroxyl groups excluding tert-OH is 1. The predicted molar refractivity (Wildman–Crippen MR) is 75.9 cm³/mol. The molecule has 1 aliphatic rings. The number of morpholine rings is 1. The van der Waals surface area contributed by atoms with Gasteiger partial charge in [0.15, 0.2) is 0 Å². The quantitative estimate of drug-likeness (QED) is 0.866. The summed E-state index contributed by atoms with van der Waals surface area (Å²) in [5.41, 5.74) is 0.557. The summed E-state index contributed by atoms with van der Waals surface area (Å²) in [6.07, 6.45) is 1.29. The summed E-state index contributed by atoms with van der Waals surface area (Å²) in [7, 11) is 3.81. The van der Waals surface area contributed by atoms with Gasteiger partial charge in [0.05, 0.1) is 30.9 Å². The highest BCUT2D eigenvalue weighted by Crippen LogP contribution is 2.16. The second-order valence-electron chi connectivity index (χ2n) is 5.24. The van der Waals surface area contributed by atoms with Crippen molar-refractivity contribution in [3.63, 3.8) is 0 Å². The Bertz CT molecular complexity index is 461. The first kappa shape index (κ1) is 14.7. The van der Waals surface area contributed by atoms with Gasteiger partial charge in [-0.1, -0.05) is 0 Å². The third-order valence-corrected chi connectivity index (χ3v) is 3.42. The molecule has 0 bridgehead atoms.